The Hall–Kier alpha value is -1.40. The third kappa shape index (κ3) is 5.71. The smallest absolute Gasteiger partial charge is 0.333 e. The first-order valence-electron chi connectivity index (χ1n) is 6.82. The zero-order chi connectivity index (χ0) is 15.0. The molecule has 2 atom stereocenters. The van der Waals surface area contributed by atoms with E-state index in [4.69, 9.17) is 19.6 Å². The van der Waals surface area contributed by atoms with Crippen LogP contribution < -0.4 is 0 Å². The highest BCUT2D eigenvalue weighted by Gasteiger charge is 2.31. The van der Waals surface area contributed by atoms with Crippen molar-refractivity contribution in [3.63, 3.8) is 0 Å². The molecule has 1 aliphatic carbocycles. The molecule has 6 heteroatoms. The second-order valence-electron chi connectivity index (χ2n) is 5.01. The zero-order valence-electron chi connectivity index (χ0n) is 11.8. The van der Waals surface area contributed by atoms with Crippen LogP contribution in [0.15, 0.2) is 12.2 Å². The van der Waals surface area contributed by atoms with Crippen LogP contribution in [0, 0.1) is 11.8 Å². The van der Waals surface area contributed by atoms with E-state index in [0.717, 1.165) is 19.3 Å². The molecule has 0 amide bonds. The molecule has 0 aromatic rings. The van der Waals surface area contributed by atoms with E-state index in [2.05, 4.69) is 6.58 Å². The minimum absolute atomic E-state index is 0.0146. The van der Waals surface area contributed by atoms with E-state index in [0.29, 0.717) is 12.0 Å². The van der Waals surface area contributed by atoms with Crippen LogP contribution in [0.2, 0.25) is 0 Å². The minimum atomic E-state index is -0.770. The molecule has 1 rings (SSSR count). The molecule has 1 fully saturated rings. The maximum absolute atomic E-state index is 11.1. The molecule has 0 aliphatic heterocycles. The molecule has 1 aliphatic rings. The van der Waals surface area contributed by atoms with E-state index in [1.807, 2.05) is 0 Å². The zero-order valence-corrected chi connectivity index (χ0v) is 11.8. The molecule has 6 nitrogen and oxygen atoms in total. The van der Waals surface area contributed by atoms with Crippen LogP contribution in [0.1, 0.15) is 32.6 Å². The van der Waals surface area contributed by atoms with Crippen LogP contribution >= 0.6 is 0 Å². The first-order valence-corrected chi connectivity index (χ1v) is 6.82. The van der Waals surface area contributed by atoms with Gasteiger partial charge in [-0.1, -0.05) is 19.4 Å². The lowest BCUT2D eigenvalue weighted by Crippen LogP contribution is -2.30. The van der Waals surface area contributed by atoms with E-state index in [-0.39, 0.29) is 31.7 Å². The van der Waals surface area contributed by atoms with Gasteiger partial charge >= 0.3 is 11.9 Å². The van der Waals surface area contributed by atoms with E-state index >= 15 is 0 Å². The fourth-order valence-corrected chi connectivity index (χ4v) is 2.22. The predicted octanol–water partition coefficient (Wildman–Crippen LogP) is 1.94. The van der Waals surface area contributed by atoms with Crippen molar-refractivity contribution < 1.29 is 29.2 Å². The second kappa shape index (κ2) is 8.71. The summed E-state index contributed by atoms with van der Waals surface area (Å²) in [7, 11) is 0. The summed E-state index contributed by atoms with van der Waals surface area (Å²) in [5, 5.41) is 9.10. The fraction of sp³-hybridized carbons (Fsp3) is 0.714. The largest absolute Gasteiger partial charge is 0.481 e. The van der Waals surface area contributed by atoms with Gasteiger partial charge in [0.25, 0.3) is 0 Å². The summed E-state index contributed by atoms with van der Waals surface area (Å²) in [5.41, 5.74) is 0.331. The standard InChI is InChI=1S/C14H22O6/c1-10(2)14(17)18-7-8-19-20-9-11-5-3-4-6-12(11)13(15)16/h11-12H,1,3-9H2,2H3,(H,15,16). The van der Waals surface area contributed by atoms with Crippen molar-refractivity contribution in [1.29, 1.82) is 0 Å². The molecule has 0 bridgehead atoms. The van der Waals surface area contributed by atoms with E-state index in [1.54, 1.807) is 6.92 Å². The van der Waals surface area contributed by atoms with Gasteiger partial charge in [0.15, 0.2) is 0 Å². The molecule has 0 radical (unpaired) electrons. The van der Waals surface area contributed by atoms with Crippen molar-refractivity contribution in [2.75, 3.05) is 19.8 Å². The van der Waals surface area contributed by atoms with Crippen LogP contribution in [0.4, 0.5) is 0 Å². The highest BCUT2D eigenvalue weighted by molar-refractivity contribution is 5.86. The number of esters is 1. The van der Waals surface area contributed by atoms with Gasteiger partial charge < -0.3 is 9.84 Å². The minimum Gasteiger partial charge on any atom is -0.481 e. The number of carboxylic acids is 1. The molecule has 114 valence electrons. The van der Waals surface area contributed by atoms with Crippen molar-refractivity contribution in [2.45, 2.75) is 32.6 Å². The number of aliphatic carboxylic acids is 1. The molecule has 0 aromatic heterocycles. The monoisotopic (exact) mass is 286 g/mol. The summed E-state index contributed by atoms with van der Waals surface area (Å²) in [6.45, 7) is 5.47. The average Bonchev–Trinajstić information content (AvgIpc) is 2.42. The highest BCUT2D eigenvalue weighted by Crippen LogP contribution is 2.30. The fourth-order valence-electron chi connectivity index (χ4n) is 2.22. The lowest BCUT2D eigenvalue weighted by molar-refractivity contribution is -0.307. The number of carbonyl (C=O) groups is 2. The molecule has 0 spiro atoms. The Morgan fingerprint density at radius 3 is 2.55 bits per heavy atom. The Morgan fingerprint density at radius 2 is 1.90 bits per heavy atom. The van der Waals surface area contributed by atoms with Crippen molar-refractivity contribution in [1.82, 2.24) is 0 Å². The van der Waals surface area contributed by atoms with Gasteiger partial charge in [0.2, 0.25) is 0 Å². The molecule has 20 heavy (non-hydrogen) atoms. The average molecular weight is 286 g/mol. The Kier molecular flexibility index (Phi) is 7.25. The number of hydrogen-bond donors (Lipinski definition) is 1. The van der Waals surface area contributed by atoms with Crippen molar-refractivity contribution in [3.8, 4) is 0 Å². The Morgan fingerprint density at radius 1 is 1.20 bits per heavy atom. The van der Waals surface area contributed by atoms with Gasteiger partial charge in [0.05, 0.1) is 12.5 Å². The lowest BCUT2D eigenvalue weighted by Gasteiger charge is -2.27. The third-order valence-electron chi connectivity index (χ3n) is 3.34. The topological polar surface area (TPSA) is 82.1 Å². The van der Waals surface area contributed by atoms with Gasteiger partial charge in [-0.15, -0.1) is 0 Å². The Labute approximate surface area is 118 Å². The highest BCUT2D eigenvalue weighted by atomic mass is 17.2. The molecule has 2 unspecified atom stereocenters. The summed E-state index contributed by atoms with van der Waals surface area (Å²) in [6, 6.07) is 0. The van der Waals surface area contributed by atoms with Gasteiger partial charge in [-0.2, -0.15) is 0 Å². The predicted molar refractivity (Wildman–Crippen MR) is 70.8 cm³/mol. The van der Waals surface area contributed by atoms with Crippen LogP contribution in [0.25, 0.3) is 0 Å². The van der Waals surface area contributed by atoms with Crippen LogP contribution in [-0.2, 0) is 24.1 Å². The molecule has 0 heterocycles. The lowest BCUT2D eigenvalue weighted by atomic mass is 9.80. The first-order chi connectivity index (χ1) is 9.52. The third-order valence-corrected chi connectivity index (χ3v) is 3.34. The quantitative estimate of drug-likeness (QED) is 0.241. The van der Waals surface area contributed by atoms with E-state index in [9.17, 15) is 9.59 Å². The van der Waals surface area contributed by atoms with Crippen LogP contribution in [0.3, 0.4) is 0 Å². The molecule has 1 saturated carbocycles. The Balaban J connectivity index is 2.12. The number of carboxylic acid groups (broad SMARTS) is 1. The number of hydrogen-bond acceptors (Lipinski definition) is 5. The van der Waals surface area contributed by atoms with Gasteiger partial charge in [0, 0.05) is 5.57 Å². The normalized spacial score (nSPS) is 22.2. The summed E-state index contributed by atoms with van der Waals surface area (Å²) in [5.74, 6) is -1.60. The number of carbonyl (C=O) groups excluding carboxylic acids is 1. The molecule has 0 saturated heterocycles. The number of ether oxygens (including phenoxy) is 1. The second-order valence-corrected chi connectivity index (χ2v) is 5.01. The summed E-state index contributed by atoms with van der Waals surface area (Å²) < 4.78 is 4.82. The van der Waals surface area contributed by atoms with Crippen molar-refractivity contribution in [2.24, 2.45) is 11.8 Å². The van der Waals surface area contributed by atoms with Gasteiger partial charge in [-0.25, -0.2) is 14.6 Å². The van der Waals surface area contributed by atoms with E-state index in [1.165, 1.54) is 0 Å². The van der Waals surface area contributed by atoms with Gasteiger partial charge in [-0.3, -0.25) is 4.79 Å². The number of rotatable bonds is 8. The maximum Gasteiger partial charge on any atom is 0.333 e. The molecule has 0 aromatic carbocycles. The molecule has 1 N–H and O–H groups in total. The summed E-state index contributed by atoms with van der Waals surface area (Å²) in [4.78, 5) is 32.0. The van der Waals surface area contributed by atoms with E-state index < -0.39 is 11.9 Å². The Bertz CT molecular complexity index is 352. The molecular weight excluding hydrogens is 264 g/mol. The first kappa shape index (κ1) is 16.7. The summed E-state index contributed by atoms with van der Waals surface area (Å²) >= 11 is 0. The summed E-state index contributed by atoms with van der Waals surface area (Å²) in [6.07, 6.45) is 3.50. The molecular formula is C14H22O6. The SMILES string of the molecule is C=C(C)C(=O)OCCOOCC1CCCCC1C(=O)O. The van der Waals surface area contributed by atoms with Gasteiger partial charge in [-0.05, 0) is 25.7 Å². The van der Waals surface area contributed by atoms with Crippen LogP contribution in [0.5, 0.6) is 0 Å². The maximum atomic E-state index is 11.1. The van der Waals surface area contributed by atoms with Crippen molar-refractivity contribution >= 4 is 11.9 Å². The van der Waals surface area contributed by atoms with Crippen LogP contribution in [-0.4, -0.2) is 36.9 Å². The van der Waals surface area contributed by atoms with Crippen molar-refractivity contribution in [3.05, 3.63) is 12.2 Å². The van der Waals surface area contributed by atoms with Gasteiger partial charge in [0.1, 0.15) is 13.2 Å².